The second-order valence-electron chi connectivity index (χ2n) is 5.32. The summed E-state index contributed by atoms with van der Waals surface area (Å²) in [4.78, 5) is 15.1. The molecule has 1 aliphatic rings. The summed E-state index contributed by atoms with van der Waals surface area (Å²) in [6, 6.07) is 0.501. The summed E-state index contributed by atoms with van der Waals surface area (Å²) in [5, 5.41) is 9.65. The van der Waals surface area contributed by atoms with Gasteiger partial charge in [0.1, 0.15) is 0 Å². The predicted octanol–water partition coefficient (Wildman–Crippen LogP) is 3.51. The molecule has 0 amide bonds. The average molecular weight is 282 g/mol. The van der Waals surface area contributed by atoms with E-state index in [1.165, 1.54) is 43.9 Å². The molecule has 4 nitrogen and oxygen atoms in total. The van der Waals surface area contributed by atoms with E-state index in [2.05, 4.69) is 23.4 Å². The van der Waals surface area contributed by atoms with E-state index in [4.69, 9.17) is 5.11 Å². The number of aromatic nitrogens is 2. The molecule has 0 aliphatic heterocycles. The fraction of sp³-hybridized carbons (Fsp3) is 0.714. The van der Waals surface area contributed by atoms with Crippen molar-refractivity contribution in [3.05, 3.63) is 11.9 Å². The number of thioether (sulfide) groups is 1. The van der Waals surface area contributed by atoms with Crippen molar-refractivity contribution in [1.29, 1.82) is 0 Å². The summed E-state index contributed by atoms with van der Waals surface area (Å²) in [6.45, 7) is 4.32. The number of imidazole rings is 1. The monoisotopic (exact) mass is 282 g/mol. The number of aryl methyl sites for hydroxylation is 1. The van der Waals surface area contributed by atoms with Crippen molar-refractivity contribution in [1.82, 2.24) is 9.55 Å². The number of carbonyl (C=O) groups is 1. The van der Waals surface area contributed by atoms with E-state index in [-0.39, 0.29) is 5.75 Å². The van der Waals surface area contributed by atoms with Crippen molar-refractivity contribution < 1.29 is 9.90 Å². The van der Waals surface area contributed by atoms with Crippen LogP contribution in [0.2, 0.25) is 0 Å². The van der Waals surface area contributed by atoms with Crippen molar-refractivity contribution in [2.24, 2.45) is 5.92 Å². The normalized spacial score (nSPS) is 23.5. The lowest BCUT2D eigenvalue weighted by atomic mass is 9.84. The Morgan fingerprint density at radius 3 is 2.74 bits per heavy atom. The molecule has 1 heterocycles. The van der Waals surface area contributed by atoms with E-state index in [0.717, 1.165) is 16.8 Å². The maximum Gasteiger partial charge on any atom is 0.313 e. The Morgan fingerprint density at radius 1 is 1.47 bits per heavy atom. The lowest BCUT2D eigenvalue weighted by Crippen LogP contribution is -2.19. The standard InChI is InChI=1S/C14H22N2O2S/c1-3-11-4-6-12(7-5-11)16-10(2)8-15-14(16)19-9-13(17)18/h8,11-12H,3-7,9H2,1-2H3,(H,17,18). The first-order valence-corrected chi connectivity index (χ1v) is 7.98. The van der Waals surface area contributed by atoms with Gasteiger partial charge >= 0.3 is 5.97 Å². The van der Waals surface area contributed by atoms with Crippen molar-refractivity contribution in [2.45, 2.75) is 57.1 Å². The summed E-state index contributed by atoms with van der Waals surface area (Å²) >= 11 is 1.33. The fourth-order valence-corrected chi connectivity index (χ4v) is 3.72. The maximum atomic E-state index is 10.7. The molecule has 19 heavy (non-hydrogen) atoms. The molecule has 0 atom stereocenters. The Bertz CT molecular complexity index is 437. The van der Waals surface area contributed by atoms with Crippen LogP contribution < -0.4 is 0 Å². The predicted molar refractivity (Wildman–Crippen MR) is 76.6 cm³/mol. The van der Waals surface area contributed by atoms with Gasteiger partial charge in [0.2, 0.25) is 0 Å². The van der Waals surface area contributed by atoms with Crippen molar-refractivity contribution in [2.75, 3.05) is 5.75 Å². The minimum atomic E-state index is -0.785. The summed E-state index contributed by atoms with van der Waals surface area (Å²) in [5.74, 6) is 0.169. The SMILES string of the molecule is CCC1CCC(n2c(C)cnc2SCC(=O)O)CC1. The summed E-state index contributed by atoms with van der Waals surface area (Å²) in [6.07, 6.45) is 8.07. The van der Waals surface area contributed by atoms with Gasteiger partial charge in [0.25, 0.3) is 0 Å². The topological polar surface area (TPSA) is 55.1 Å². The molecule has 0 spiro atoms. The summed E-state index contributed by atoms with van der Waals surface area (Å²) in [5.41, 5.74) is 1.15. The minimum absolute atomic E-state index is 0.0841. The molecule has 0 unspecified atom stereocenters. The van der Waals surface area contributed by atoms with Crippen molar-refractivity contribution in [3.63, 3.8) is 0 Å². The number of aliphatic carboxylic acids is 1. The number of hydrogen-bond acceptors (Lipinski definition) is 3. The summed E-state index contributed by atoms with van der Waals surface area (Å²) in [7, 11) is 0. The molecular weight excluding hydrogens is 260 g/mol. The lowest BCUT2D eigenvalue weighted by molar-refractivity contribution is -0.133. The molecule has 2 rings (SSSR count). The van der Waals surface area contributed by atoms with Crippen molar-refractivity contribution in [3.8, 4) is 0 Å². The zero-order valence-electron chi connectivity index (χ0n) is 11.6. The van der Waals surface area contributed by atoms with Gasteiger partial charge in [0, 0.05) is 17.9 Å². The molecular formula is C14H22N2O2S. The van der Waals surface area contributed by atoms with Gasteiger partial charge in [-0.3, -0.25) is 4.79 Å². The van der Waals surface area contributed by atoms with E-state index in [1.54, 1.807) is 0 Å². The minimum Gasteiger partial charge on any atom is -0.481 e. The Morgan fingerprint density at radius 2 is 2.16 bits per heavy atom. The second kappa shape index (κ2) is 6.46. The quantitative estimate of drug-likeness (QED) is 0.840. The van der Waals surface area contributed by atoms with Crippen LogP contribution in [0.1, 0.15) is 50.8 Å². The third-order valence-electron chi connectivity index (χ3n) is 4.03. The van der Waals surface area contributed by atoms with Gasteiger partial charge in [-0.25, -0.2) is 4.98 Å². The van der Waals surface area contributed by atoms with E-state index in [9.17, 15) is 4.79 Å². The first-order valence-electron chi connectivity index (χ1n) is 7.00. The molecule has 0 bridgehead atoms. The van der Waals surface area contributed by atoms with Crippen LogP contribution in [0.15, 0.2) is 11.4 Å². The highest BCUT2D eigenvalue weighted by atomic mass is 32.2. The molecule has 0 radical (unpaired) electrons. The zero-order valence-corrected chi connectivity index (χ0v) is 12.4. The van der Waals surface area contributed by atoms with Crippen LogP contribution in [0.25, 0.3) is 0 Å². The largest absolute Gasteiger partial charge is 0.481 e. The van der Waals surface area contributed by atoms with Gasteiger partial charge < -0.3 is 9.67 Å². The van der Waals surface area contributed by atoms with E-state index in [0.29, 0.717) is 6.04 Å². The van der Waals surface area contributed by atoms with Gasteiger partial charge in [-0.05, 0) is 38.5 Å². The van der Waals surface area contributed by atoms with Crippen LogP contribution in [0.4, 0.5) is 0 Å². The Hall–Kier alpha value is -0.970. The molecule has 1 aromatic heterocycles. The number of nitrogens with zero attached hydrogens (tertiary/aromatic N) is 2. The molecule has 1 aliphatic carbocycles. The van der Waals surface area contributed by atoms with Crippen molar-refractivity contribution >= 4 is 17.7 Å². The molecule has 1 N–H and O–H groups in total. The maximum absolute atomic E-state index is 10.7. The third-order valence-corrected chi connectivity index (χ3v) is 4.98. The van der Waals surface area contributed by atoms with Crippen LogP contribution >= 0.6 is 11.8 Å². The van der Waals surface area contributed by atoms with Crippen LogP contribution in [0.5, 0.6) is 0 Å². The Balaban J connectivity index is 2.06. The van der Waals surface area contributed by atoms with E-state index < -0.39 is 5.97 Å². The molecule has 0 saturated heterocycles. The Kier molecular flexibility index (Phi) is 4.91. The first kappa shape index (κ1) is 14.4. The molecule has 1 aromatic rings. The van der Waals surface area contributed by atoms with Gasteiger partial charge in [-0.2, -0.15) is 0 Å². The highest BCUT2D eigenvalue weighted by molar-refractivity contribution is 7.99. The number of rotatable bonds is 5. The van der Waals surface area contributed by atoms with Crippen LogP contribution in [-0.4, -0.2) is 26.4 Å². The van der Waals surface area contributed by atoms with E-state index in [1.807, 2.05) is 6.20 Å². The smallest absolute Gasteiger partial charge is 0.313 e. The van der Waals surface area contributed by atoms with Gasteiger partial charge in [-0.15, -0.1) is 0 Å². The van der Waals surface area contributed by atoms with Crippen LogP contribution in [0, 0.1) is 12.8 Å². The van der Waals surface area contributed by atoms with Gasteiger partial charge in [0.15, 0.2) is 5.16 Å². The highest BCUT2D eigenvalue weighted by Crippen LogP contribution is 2.36. The molecule has 5 heteroatoms. The van der Waals surface area contributed by atoms with E-state index >= 15 is 0 Å². The average Bonchev–Trinajstić information content (AvgIpc) is 2.78. The van der Waals surface area contributed by atoms with Crippen LogP contribution in [0.3, 0.4) is 0 Å². The van der Waals surface area contributed by atoms with Gasteiger partial charge in [-0.1, -0.05) is 25.1 Å². The highest BCUT2D eigenvalue weighted by Gasteiger charge is 2.24. The number of carboxylic acids is 1. The number of hydrogen-bond donors (Lipinski definition) is 1. The molecule has 1 fully saturated rings. The molecule has 1 saturated carbocycles. The third kappa shape index (κ3) is 3.53. The second-order valence-corrected chi connectivity index (χ2v) is 6.26. The summed E-state index contributed by atoms with van der Waals surface area (Å²) < 4.78 is 2.25. The Labute approximate surface area is 118 Å². The van der Waals surface area contributed by atoms with Gasteiger partial charge in [0.05, 0.1) is 5.75 Å². The first-order chi connectivity index (χ1) is 9.11. The lowest BCUT2D eigenvalue weighted by Gasteiger charge is -2.30. The zero-order chi connectivity index (χ0) is 13.8. The molecule has 0 aromatic carbocycles. The van der Waals surface area contributed by atoms with Crippen LogP contribution in [-0.2, 0) is 4.79 Å². The fourth-order valence-electron chi connectivity index (χ4n) is 2.91. The molecule has 106 valence electrons. The number of carboxylic acid groups (broad SMARTS) is 1.